The summed E-state index contributed by atoms with van der Waals surface area (Å²) >= 11 is 0. The van der Waals surface area contributed by atoms with Gasteiger partial charge in [0, 0.05) is 19.1 Å². The molecule has 2 fully saturated rings. The monoisotopic (exact) mass is 140 g/mol. The van der Waals surface area contributed by atoms with Crippen LogP contribution in [0.15, 0.2) is 0 Å². The van der Waals surface area contributed by atoms with Gasteiger partial charge in [-0.1, -0.05) is 0 Å². The lowest BCUT2D eigenvalue weighted by Gasteiger charge is -2.19. The minimum atomic E-state index is 0.638. The van der Waals surface area contributed by atoms with Crippen LogP contribution < -0.4 is 10.6 Å². The summed E-state index contributed by atoms with van der Waals surface area (Å²) in [5, 5.41) is 6.95. The first-order valence-electron chi connectivity index (χ1n) is 4.25. The van der Waals surface area contributed by atoms with Crippen LogP contribution in [0.25, 0.3) is 0 Å². The molecule has 1 spiro atoms. The van der Waals surface area contributed by atoms with Gasteiger partial charge in [0.1, 0.15) is 0 Å². The zero-order valence-electron chi connectivity index (χ0n) is 6.61. The van der Waals surface area contributed by atoms with Crippen molar-refractivity contribution < 1.29 is 0 Å². The van der Waals surface area contributed by atoms with E-state index in [4.69, 9.17) is 0 Å². The Bertz CT molecular complexity index is 127. The number of rotatable bonds is 0. The molecule has 2 nitrogen and oxygen atoms in total. The average molecular weight is 140 g/mol. The molecular formula is C8H16N2. The lowest BCUT2D eigenvalue weighted by molar-refractivity contribution is 0.358. The molecule has 0 aromatic carbocycles. The predicted octanol–water partition coefficient (Wildman–Crippen LogP) is 0.348. The maximum atomic E-state index is 3.51. The van der Waals surface area contributed by atoms with E-state index in [1.807, 2.05) is 0 Å². The summed E-state index contributed by atoms with van der Waals surface area (Å²) in [6.45, 7) is 5.99. The maximum Gasteiger partial charge on any atom is 0.00452 e. The summed E-state index contributed by atoms with van der Waals surface area (Å²) in [7, 11) is 0. The van der Waals surface area contributed by atoms with Crippen LogP contribution in [-0.4, -0.2) is 25.7 Å². The molecule has 2 aliphatic heterocycles. The van der Waals surface area contributed by atoms with Crippen molar-refractivity contribution in [2.24, 2.45) is 5.41 Å². The van der Waals surface area contributed by atoms with Crippen molar-refractivity contribution in [3.63, 3.8) is 0 Å². The van der Waals surface area contributed by atoms with Gasteiger partial charge in [0.05, 0.1) is 0 Å². The van der Waals surface area contributed by atoms with Gasteiger partial charge in [0.2, 0.25) is 0 Å². The Kier molecular flexibility index (Phi) is 1.46. The van der Waals surface area contributed by atoms with E-state index >= 15 is 0 Å². The maximum absolute atomic E-state index is 3.51. The van der Waals surface area contributed by atoms with Crippen molar-refractivity contribution in [3.05, 3.63) is 0 Å². The van der Waals surface area contributed by atoms with E-state index in [9.17, 15) is 0 Å². The van der Waals surface area contributed by atoms with Crippen LogP contribution in [-0.2, 0) is 0 Å². The second-order valence-electron chi connectivity index (χ2n) is 3.91. The first kappa shape index (κ1) is 6.62. The highest BCUT2D eigenvalue weighted by Crippen LogP contribution is 2.34. The SMILES string of the molecule is CC1CC2(CCNC2)CN1. The van der Waals surface area contributed by atoms with Gasteiger partial charge < -0.3 is 10.6 Å². The van der Waals surface area contributed by atoms with Gasteiger partial charge in [-0.25, -0.2) is 0 Å². The predicted molar refractivity (Wildman–Crippen MR) is 42.0 cm³/mol. The molecule has 2 heteroatoms. The Morgan fingerprint density at radius 3 is 2.80 bits per heavy atom. The normalized spacial score (nSPS) is 47.1. The fourth-order valence-corrected chi connectivity index (χ4v) is 2.31. The quantitative estimate of drug-likeness (QED) is 0.507. The number of nitrogens with one attached hydrogen (secondary N) is 2. The zero-order chi connectivity index (χ0) is 7.03. The van der Waals surface area contributed by atoms with Crippen LogP contribution in [0.1, 0.15) is 19.8 Å². The molecule has 2 atom stereocenters. The lowest BCUT2D eigenvalue weighted by atomic mass is 9.85. The van der Waals surface area contributed by atoms with E-state index in [2.05, 4.69) is 17.6 Å². The number of hydrogen-bond donors (Lipinski definition) is 2. The third-order valence-corrected chi connectivity index (χ3v) is 2.90. The van der Waals surface area contributed by atoms with E-state index in [1.165, 1.54) is 32.5 Å². The topological polar surface area (TPSA) is 24.1 Å². The van der Waals surface area contributed by atoms with Crippen molar-refractivity contribution in [1.82, 2.24) is 10.6 Å². The Labute approximate surface area is 62.4 Å². The van der Waals surface area contributed by atoms with E-state index in [0.717, 1.165) is 6.04 Å². The third-order valence-electron chi connectivity index (χ3n) is 2.90. The van der Waals surface area contributed by atoms with Gasteiger partial charge >= 0.3 is 0 Å². The minimum absolute atomic E-state index is 0.638. The van der Waals surface area contributed by atoms with E-state index in [0.29, 0.717) is 5.41 Å². The molecule has 0 radical (unpaired) electrons. The van der Waals surface area contributed by atoms with Crippen LogP contribution in [0.4, 0.5) is 0 Å². The number of hydrogen-bond acceptors (Lipinski definition) is 2. The molecule has 0 aromatic rings. The standard InChI is InChI=1S/C8H16N2/c1-7-4-8(6-10-7)2-3-9-5-8/h7,9-10H,2-6H2,1H3. The fraction of sp³-hybridized carbons (Fsp3) is 1.00. The molecule has 2 rings (SSSR count). The minimum Gasteiger partial charge on any atom is -0.316 e. The highest BCUT2D eigenvalue weighted by atomic mass is 15.0. The first-order valence-corrected chi connectivity index (χ1v) is 4.25. The van der Waals surface area contributed by atoms with E-state index < -0.39 is 0 Å². The van der Waals surface area contributed by atoms with Crippen molar-refractivity contribution in [2.45, 2.75) is 25.8 Å². The molecule has 2 heterocycles. The second kappa shape index (κ2) is 2.21. The van der Waals surface area contributed by atoms with Gasteiger partial charge in [0.25, 0.3) is 0 Å². The summed E-state index contributed by atoms with van der Waals surface area (Å²) in [6.07, 6.45) is 2.75. The molecular weight excluding hydrogens is 124 g/mol. The second-order valence-corrected chi connectivity index (χ2v) is 3.91. The largest absolute Gasteiger partial charge is 0.316 e. The van der Waals surface area contributed by atoms with Gasteiger partial charge in [-0.3, -0.25) is 0 Å². The van der Waals surface area contributed by atoms with Gasteiger partial charge in [-0.2, -0.15) is 0 Å². The summed E-state index contributed by atoms with van der Waals surface area (Å²) in [6, 6.07) is 0.750. The summed E-state index contributed by atoms with van der Waals surface area (Å²) in [5.74, 6) is 0. The highest BCUT2D eigenvalue weighted by molar-refractivity contribution is 4.97. The van der Waals surface area contributed by atoms with Crippen LogP contribution >= 0.6 is 0 Å². The Morgan fingerprint density at radius 2 is 2.30 bits per heavy atom. The van der Waals surface area contributed by atoms with Crippen LogP contribution in [0, 0.1) is 5.41 Å². The fourth-order valence-electron chi connectivity index (χ4n) is 2.31. The molecule has 58 valence electrons. The molecule has 2 N–H and O–H groups in total. The summed E-state index contributed by atoms with van der Waals surface area (Å²) < 4.78 is 0. The van der Waals surface area contributed by atoms with Crippen LogP contribution in [0.3, 0.4) is 0 Å². The molecule has 2 saturated heterocycles. The van der Waals surface area contributed by atoms with Gasteiger partial charge in [0.15, 0.2) is 0 Å². The van der Waals surface area contributed by atoms with Gasteiger partial charge in [-0.05, 0) is 31.7 Å². The first-order chi connectivity index (χ1) is 4.81. The van der Waals surface area contributed by atoms with Crippen molar-refractivity contribution in [1.29, 1.82) is 0 Å². The molecule has 10 heavy (non-hydrogen) atoms. The summed E-state index contributed by atoms with van der Waals surface area (Å²) in [4.78, 5) is 0. The van der Waals surface area contributed by atoms with E-state index in [1.54, 1.807) is 0 Å². The van der Waals surface area contributed by atoms with Gasteiger partial charge in [-0.15, -0.1) is 0 Å². The zero-order valence-corrected chi connectivity index (χ0v) is 6.61. The van der Waals surface area contributed by atoms with Crippen LogP contribution in [0.5, 0.6) is 0 Å². The molecule has 2 unspecified atom stereocenters. The molecule has 0 bridgehead atoms. The van der Waals surface area contributed by atoms with Crippen molar-refractivity contribution >= 4 is 0 Å². The van der Waals surface area contributed by atoms with E-state index in [-0.39, 0.29) is 0 Å². The lowest BCUT2D eigenvalue weighted by Crippen LogP contribution is -2.26. The Balaban J connectivity index is 2.03. The van der Waals surface area contributed by atoms with Crippen molar-refractivity contribution in [3.8, 4) is 0 Å². The molecule has 0 saturated carbocycles. The molecule has 0 aromatic heterocycles. The Hall–Kier alpha value is -0.0800. The van der Waals surface area contributed by atoms with Crippen molar-refractivity contribution in [2.75, 3.05) is 19.6 Å². The highest BCUT2D eigenvalue weighted by Gasteiger charge is 2.39. The smallest absolute Gasteiger partial charge is 0.00452 e. The molecule has 0 aliphatic carbocycles. The Morgan fingerprint density at radius 1 is 1.40 bits per heavy atom. The summed E-state index contributed by atoms with van der Waals surface area (Å²) in [5.41, 5.74) is 0.638. The third kappa shape index (κ3) is 0.956. The molecule has 0 amide bonds. The molecule has 2 aliphatic rings. The van der Waals surface area contributed by atoms with Crippen LogP contribution in [0.2, 0.25) is 0 Å². The average Bonchev–Trinajstić information content (AvgIpc) is 2.46.